The Bertz CT molecular complexity index is 864. The molecule has 1 unspecified atom stereocenters. The Morgan fingerprint density at radius 1 is 0.892 bits per heavy atom. The highest BCUT2D eigenvalue weighted by atomic mass is 16.6. The van der Waals surface area contributed by atoms with Gasteiger partial charge >= 0.3 is 12.1 Å². The second-order valence-electron chi connectivity index (χ2n) is 10.0. The molecule has 0 saturated heterocycles. The van der Waals surface area contributed by atoms with Crippen LogP contribution >= 0.6 is 0 Å². The third kappa shape index (κ3) is 12.6. The molecule has 208 valence electrons. The summed E-state index contributed by atoms with van der Waals surface area (Å²) >= 11 is 0. The number of hydrogen-bond donors (Lipinski definition) is 2. The van der Waals surface area contributed by atoms with Gasteiger partial charge in [0, 0.05) is 6.54 Å². The fourth-order valence-corrected chi connectivity index (χ4v) is 3.76. The lowest BCUT2D eigenvalue weighted by Gasteiger charge is -2.32. The first-order valence-corrected chi connectivity index (χ1v) is 13.2. The van der Waals surface area contributed by atoms with Gasteiger partial charge < -0.3 is 25.0 Å². The van der Waals surface area contributed by atoms with Crippen molar-refractivity contribution in [2.24, 2.45) is 0 Å². The van der Waals surface area contributed by atoms with Crippen LogP contribution in [0.15, 0.2) is 24.3 Å². The summed E-state index contributed by atoms with van der Waals surface area (Å²) in [5.41, 5.74) is 1.01. The smallest absolute Gasteiger partial charge is 0.408 e. The second-order valence-corrected chi connectivity index (χ2v) is 10.0. The molecule has 2 N–H and O–H groups in total. The number of carbonyl (C=O) groups excluding carboxylic acids is 4. The van der Waals surface area contributed by atoms with Crippen molar-refractivity contribution >= 4 is 23.9 Å². The summed E-state index contributed by atoms with van der Waals surface area (Å²) in [6.45, 7) is 9.09. The molecule has 3 amide bonds. The van der Waals surface area contributed by atoms with E-state index in [1.165, 1.54) is 12.0 Å². The number of rotatable bonds is 15. The number of methoxy groups -OCH3 is 1. The summed E-state index contributed by atoms with van der Waals surface area (Å²) in [7, 11) is 1.24. The summed E-state index contributed by atoms with van der Waals surface area (Å²) in [6, 6.07) is 6.51. The highest BCUT2D eigenvalue weighted by molar-refractivity contribution is 5.91. The van der Waals surface area contributed by atoms with Gasteiger partial charge in [-0.3, -0.25) is 14.4 Å². The molecule has 0 aromatic heterocycles. The van der Waals surface area contributed by atoms with Gasteiger partial charge in [-0.05, 0) is 44.7 Å². The molecule has 9 nitrogen and oxygen atoms in total. The molecule has 0 aliphatic heterocycles. The maximum atomic E-state index is 13.4. The summed E-state index contributed by atoms with van der Waals surface area (Å²) in [5.74, 6) is -1.50. The Labute approximate surface area is 221 Å². The highest BCUT2D eigenvalue weighted by Gasteiger charge is 2.32. The van der Waals surface area contributed by atoms with E-state index in [1.54, 1.807) is 20.8 Å². The molecular formula is C28H45N3O6. The van der Waals surface area contributed by atoms with Crippen molar-refractivity contribution in [1.82, 2.24) is 15.5 Å². The minimum Gasteiger partial charge on any atom is -0.468 e. The van der Waals surface area contributed by atoms with E-state index in [-0.39, 0.29) is 13.1 Å². The monoisotopic (exact) mass is 519 g/mol. The van der Waals surface area contributed by atoms with Crippen molar-refractivity contribution in [3.05, 3.63) is 35.4 Å². The summed E-state index contributed by atoms with van der Waals surface area (Å²) in [6.07, 6.45) is 6.19. The molecule has 37 heavy (non-hydrogen) atoms. The van der Waals surface area contributed by atoms with Gasteiger partial charge in [0.1, 0.15) is 24.7 Å². The predicted octanol–water partition coefficient (Wildman–Crippen LogP) is 4.29. The molecule has 0 aliphatic carbocycles. The van der Waals surface area contributed by atoms with E-state index < -0.39 is 35.5 Å². The molecule has 0 saturated carbocycles. The van der Waals surface area contributed by atoms with Crippen LogP contribution in [0.4, 0.5) is 4.79 Å². The largest absolute Gasteiger partial charge is 0.468 e. The van der Waals surface area contributed by atoms with Crippen molar-refractivity contribution in [2.45, 2.75) is 91.2 Å². The Balaban J connectivity index is 3.18. The number of benzene rings is 1. The number of carbonyl (C=O) groups is 4. The normalized spacial score (nSPS) is 11.8. The fraction of sp³-hybridized carbons (Fsp3) is 0.643. The molecular weight excluding hydrogens is 474 g/mol. The van der Waals surface area contributed by atoms with E-state index in [9.17, 15) is 19.2 Å². The number of aryl methyl sites for hydroxylation is 1. The second kappa shape index (κ2) is 16.6. The van der Waals surface area contributed by atoms with Crippen LogP contribution in [-0.2, 0) is 30.3 Å². The van der Waals surface area contributed by atoms with Gasteiger partial charge in [0.05, 0.1) is 7.11 Å². The zero-order valence-corrected chi connectivity index (χ0v) is 23.4. The molecule has 1 aromatic carbocycles. The van der Waals surface area contributed by atoms with Gasteiger partial charge in [0.2, 0.25) is 11.8 Å². The zero-order chi connectivity index (χ0) is 27.8. The van der Waals surface area contributed by atoms with Crippen molar-refractivity contribution in [3.8, 4) is 0 Å². The average Bonchev–Trinajstić information content (AvgIpc) is 2.86. The third-order valence-electron chi connectivity index (χ3n) is 5.75. The molecule has 1 rings (SSSR count). The number of alkyl carbamates (subject to hydrolysis) is 1. The Morgan fingerprint density at radius 3 is 2.08 bits per heavy atom. The highest BCUT2D eigenvalue weighted by Crippen LogP contribution is 2.23. The van der Waals surface area contributed by atoms with Crippen LogP contribution in [-0.4, -0.2) is 61.1 Å². The topological polar surface area (TPSA) is 114 Å². The van der Waals surface area contributed by atoms with Crippen LogP contribution in [0.2, 0.25) is 0 Å². The number of unbranched alkanes of at least 4 members (excludes halogenated alkanes) is 5. The van der Waals surface area contributed by atoms with Crippen molar-refractivity contribution in [3.63, 3.8) is 0 Å². The standard InChI is InChI=1S/C28H45N3O6/c1-7-9-10-11-12-13-18-31(23(32)19-30-27(35)37-28(3,4)5)25(26(34)29-20-24(33)36-6)22-16-14-21(8-2)15-17-22/h14-17,25H,7-13,18-20H2,1-6H3,(H,29,34)(H,30,35). The van der Waals surface area contributed by atoms with E-state index in [2.05, 4.69) is 22.3 Å². The molecule has 0 fully saturated rings. The average molecular weight is 520 g/mol. The molecule has 1 aromatic rings. The molecule has 0 radical (unpaired) electrons. The SMILES string of the molecule is CCCCCCCCN(C(=O)CNC(=O)OC(C)(C)C)C(C(=O)NCC(=O)OC)c1ccc(CC)cc1. The van der Waals surface area contributed by atoms with Crippen molar-refractivity contribution in [2.75, 3.05) is 26.7 Å². The molecule has 0 spiro atoms. The minimum absolute atomic E-state index is 0.311. The van der Waals surface area contributed by atoms with Gasteiger partial charge in [-0.1, -0.05) is 70.2 Å². The first-order valence-electron chi connectivity index (χ1n) is 13.2. The zero-order valence-electron chi connectivity index (χ0n) is 23.4. The van der Waals surface area contributed by atoms with Crippen LogP contribution in [0.5, 0.6) is 0 Å². The van der Waals surface area contributed by atoms with E-state index in [1.807, 2.05) is 31.2 Å². The fourth-order valence-electron chi connectivity index (χ4n) is 3.76. The first-order chi connectivity index (χ1) is 17.5. The number of amides is 3. The lowest BCUT2D eigenvalue weighted by atomic mass is 10.0. The van der Waals surface area contributed by atoms with Crippen LogP contribution < -0.4 is 10.6 Å². The van der Waals surface area contributed by atoms with Gasteiger partial charge in [-0.15, -0.1) is 0 Å². The van der Waals surface area contributed by atoms with Gasteiger partial charge in [0.25, 0.3) is 0 Å². The van der Waals surface area contributed by atoms with Gasteiger partial charge in [-0.2, -0.15) is 0 Å². The Morgan fingerprint density at radius 2 is 1.51 bits per heavy atom. The number of esters is 1. The third-order valence-corrected chi connectivity index (χ3v) is 5.75. The first kappa shape index (κ1) is 31.9. The number of nitrogens with one attached hydrogen (secondary N) is 2. The lowest BCUT2D eigenvalue weighted by molar-refractivity contribution is -0.143. The molecule has 9 heteroatoms. The van der Waals surface area contributed by atoms with Gasteiger partial charge in [0.15, 0.2) is 0 Å². The van der Waals surface area contributed by atoms with Crippen molar-refractivity contribution in [1.29, 1.82) is 0 Å². The Hall–Kier alpha value is -3.10. The molecule has 0 bridgehead atoms. The number of nitrogens with zero attached hydrogens (tertiary/aromatic N) is 1. The van der Waals surface area contributed by atoms with Crippen LogP contribution in [0.3, 0.4) is 0 Å². The number of ether oxygens (including phenoxy) is 2. The number of hydrogen-bond acceptors (Lipinski definition) is 6. The van der Waals surface area contributed by atoms with Crippen molar-refractivity contribution < 1.29 is 28.7 Å². The van der Waals surface area contributed by atoms with E-state index in [4.69, 9.17) is 4.74 Å². The minimum atomic E-state index is -0.973. The summed E-state index contributed by atoms with van der Waals surface area (Å²) in [5, 5.41) is 5.09. The molecule has 0 heterocycles. The quantitative estimate of drug-likeness (QED) is 0.264. The predicted molar refractivity (Wildman–Crippen MR) is 143 cm³/mol. The van der Waals surface area contributed by atoms with Crippen LogP contribution in [0, 0.1) is 0 Å². The molecule has 0 aliphatic rings. The Kier molecular flexibility index (Phi) is 14.3. The maximum absolute atomic E-state index is 13.4. The van der Waals surface area contributed by atoms with E-state index >= 15 is 0 Å². The summed E-state index contributed by atoms with van der Waals surface area (Å²) in [4.78, 5) is 52.1. The maximum Gasteiger partial charge on any atom is 0.408 e. The van der Waals surface area contributed by atoms with Crippen LogP contribution in [0.25, 0.3) is 0 Å². The van der Waals surface area contributed by atoms with Crippen LogP contribution in [0.1, 0.15) is 90.3 Å². The molecule has 1 atom stereocenters. The van der Waals surface area contributed by atoms with E-state index in [0.717, 1.165) is 44.1 Å². The lowest BCUT2D eigenvalue weighted by Crippen LogP contribution is -2.48. The van der Waals surface area contributed by atoms with Gasteiger partial charge in [-0.25, -0.2) is 4.79 Å². The summed E-state index contributed by atoms with van der Waals surface area (Å²) < 4.78 is 9.89. The van der Waals surface area contributed by atoms with E-state index in [0.29, 0.717) is 18.5 Å².